The Morgan fingerprint density at radius 3 is 2.81 bits per heavy atom. The summed E-state index contributed by atoms with van der Waals surface area (Å²) in [5, 5.41) is 2.72. The number of likely N-dealkylation sites (tertiary alicyclic amines) is 1. The van der Waals surface area contributed by atoms with Gasteiger partial charge in [0.25, 0.3) is 0 Å². The summed E-state index contributed by atoms with van der Waals surface area (Å²) in [4.78, 5) is 14.3. The fourth-order valence-corrected chi connectivity index (χ4v) is 2.69. The number of nitrogens with one attached hydrogen (secondary N) is 1. The molecule has 0 spiro atoms. The van der Waals surface area contributed by atoms with Crippen LogP contribution >= 0.6 is 12.2 Å². The molecule has 1 aromatic rings. The number of carbonyl (C=O) groups excluding carboxylic acids is 1. The van der Waals surface area contributed by atoms with Gasteiger partial charge in [0.15, 0.2) is 0 Å². The van der Waals surface area contributed by atoms with Crippen LogP contribution in [0.2, 0.25) is 0 Å². The summed E-state index contributed by atoms with van der Waals surface area (Å²) in [6, 6.07) is 7.39. The lowest BCUT2D eigenvalue weighted by molar-refractivity contribution is -0.125. The van der Waals surface area contributed by atoms with Gasteiger partial charge in [-0.25, -0.2) is 0 Å². The van der Waals surface area contributed by atoms with Gasteiger partial charge >= 0.3 is 0 Å². The Bertz CT molecular complexity index is 504. The molecule has 1 aliphatic rings. The monoisotopic (exact) mass is 307 g/mol. The number of carbonyl (C=O) groups is 1. The van der Waals surface area contributed by atoms with Crippen LogP contribution in [0, 0.1) is 0 Å². The zero-order valence-corrected chi connectivity index (χ0v) is 13.0. The summed E-state index contributed by atoms with van der Waals surface area (Å²) in [6.07, 6.45) is 1.98. The van der Waals surface area contributed by atoms with Crippen molar-refractivity contribution in [2.24, 2.45) is 5.73 Å². The Morgan fingerprint density at radius 2 is 2.19 bits per heavy atom. The highest BCUT2D eigenvalue weighted by Gasteiger charge is 2.29. The molecule has 1 amide bonds. The minimum atomic E-state index is -0.0180. The second-order valence-corrected chi connectivity index (χ2v) is 5.49. The largest absolute Gasteiger partial charge is 0.492 e. The number of hydrogen-bond acceptors (Lipinski definition) is 4. The number of nitrogens with zero attached hydrogens (tertiary/aromatic N) is 1. The van der Waals surface area contributed by atoms with Crippen molar-refractivity contribution in [2.75, 3.05) is 26.7 Å². The predicted molar refractivity (Wildman–Crippen MR) is 86.5 cm³/mol. The summed E-state index contributed by atoms with van der Waals surface area (Å²) < 4.78 is 5.71. The van der Waals surface area contributed by atoms with E-state index in [1.807, 2.05) is 24.3 Å². The van der Waals surface area contributed by atoms with E-state index in [9.17, 15) is 4.79 Å². The van der Waals surface area contributed by atoms with Crippen molar-refractivity contribution in [3.8, 4) is 5.75 Å². The van der Waals surface area contributed by atoms with Gasteiger partial charge in [0.1, 0.15) is 17.3 Å². The lowest BCUT2D eigenvalue weighted by Crippen LogP contribution is -2.43. The number of amides is 1. The highest BCUT2D eigenvalue weighted by molar-refractivity contribution is 7.80. The SMILES string of the molecule is CNC(=O)C1CCCN1CCOc1ccc(C(N)=S)cc1. The predicted octanol–water partition coefficient (Wildman–Crippen LogP) is 0.910. The first-order chi connectivity index (χ1) is 10.1. The second-order valence-electron chi connectivity index (χ2n) is 5.05. The molecule has 1 heterocycles. The first-order valence-corrected chi connectivity index (χ1v) is 7.51. The maximum atomic E-state index is 11.7. The third kappa shape index (κ3) is 4.15. The van der Waals surface area contributed by atoms with Crippen LogP contribution in [0.4, 0.5) is 0 Å². The molecular weight excluding hydrogens is 286 g/mol. The lowest BCUT2D eigenvalue weighted by atomic mass is 10.2. The van der Waals surface area contributed by atoms with Gasteiger partial charge in [-0.3, -0.25) is 9.69 Å². The van der Waals surface area contributed by atoms with Gasteiger partial charge in [-0.1, -0.05) is 12.2 Å². The molecule has 1 atom stereocenters. The molecule has 0 bridgehead atoms. The number of rotatable bonds is 6. The topological polar surface area (TPSA) is 67.6 Å². The van der Waals surface area contributed by atoms with E-state index in [2.05, 4.69) is 10.2 Å². The number of benzene rings is 1. The van der Waals surface area contributed by atoms with Crippen molar-refractivity contribution in [3.05, 3.63) is 29.8 Å². The number of likely N-dealkylation sites (N-methyl/N-ethyl adjacent to an activating group) is 1. The van der Waals surface area contributed by atoms with Crippen molar-refractivity contribution in [1.29, 1.82) is 0 Å². The molecule has 3 N–H and O–H groups in total. The Morgan fingerprint density at radius 1 is 1.48 bits per heavy atom. The number of ether oxygens (including phenoxy) is 1. The van der Waals surface area contributed by atoms with Crippen LogP contribution in [-0.2, 0) is 4.79 Å². The van der Waals surface area contributed by atoms with E-state index >= 15 is 0 Å². The lowest BCUT2D eigenvalue weighted by Gasteiger charge is -2.22. The third-order valence-corrected chi connectivity index (χ3v) is 3.93. The Hall–Kier alpha value is -1.66. The molecule has 0 aliphatic carbocycles. The molecule has 1 aromatic carbocycles. The van der Waals surface area contributed by atoms with Gasteiger partial charge < -0.3 is 15.8 Å². The average molecular weight is 307 g/mol. The van der Waals surface area contributed by atoms with Gasteiger partial charge in [0.2, 0.25) is 5.91 Å². The fourth-order valence-electron chi connectivity index (χ4n) is 2.55. The highest BCUT2D eigenvalue weighted by Crippen LogP contribution is 2.17. The van der Waals surface area contributed by atoms with Crippen molar-refractivity contribution < 1.29 is 9.53 Å². The molecule has 6 heteroatoms. The van der Waals surface area contributed by atoms with Crippen LogP contribution in [0.25, 0.3) is 0 Å². The van der Waals surface area contributed by atoms with Crippen LogP contribution < -0.4 is 15.8 Å². The summed E-state index contributed by atoms with van der Waals surface area (Å²) >= 11 is 4.91. The maximum absolute atomic E-state index is 11.7. The van der Waals surface area contributed by atoms with Crippen LogP contribution in [0.1, 0.15) is 18.4 Å². The van der Waals surface area contributed by atoms with Crippen molar-refractivity contribution >= 4 is 23.1 Å². The standard InChI is InChI=1S/C15H21N3O2S/c1-17-15(19)13-3-2-8-18(13)9-10-20-12-6-4-11(5-7-12)14(16)21/h4-7,13H,2-3,8-10H2,1H3,(H2,16,21)(H,17,19). The Kier molecular flexibility index (Phi) is 5.52. The first-order valence-electron chi connectivity index (χ1n) is 7.10. The molecular formula is C15H21N3O2S. The minimum Gasteiger partial charge on any atom is -0.492 e. The molecule has 1 saturated heterocycles. The Labute approximate surface area is 130 Å². The smallest absolute Gasteiger partial charge is 0.237 e. The van der Waals surface area contributed by atoms with Crippen LogP contribution in [0.15, 0.2) is 24.3 Å². The molecule has 1 fully saturated rings. The van der Waals surface area contributed by atoms with Gasteiger partial charge in [-0.2, -0.15) is 0 Å². The van der Waals surface area contributed by atoms with E-state index in [4.69, 9.17) is 22.7 Å². The normalized spacial score (nSPS) is 18.4. The summed E-state index contributed by atoms with van der Waals surface area (Å²) in [5.41, 5.74) is 6.38. The zero-order valence-electron chi connectivity index (χ0n) is 12.2. The highest BCUT2D eigenvalue weighted by atomic mass is 32.1. The van der Waals surface area contributed by atoms with E-state index in [1.165, 1.54) is 0 Å². The molecule has 2 rings (SSSR count). The van der Waals surface area contributed by atoms with Crippen LogP contribution in [0.3, 0.4) is 0 Å². The van der Waals surface area contributed by atoms with E-state index in [0.29, 0.717) is 11.6 Å². The number of hydrogen-bond donors (Lipinski definition) is 2. The van der Waals surface area contributed by atoms with E-state index < -0.39 is 0 Å². The molecule has 1 aliphatic heterocycles. The average Bonchev–Trinajstić information content (AvgIpc) is 2.95. The summed E-state index contributed by atoms with van der Waals surface area (Å²) in [5.74, 6) is 0.874. The fraction of sp³-hybridized carbons (Fsp3) is 0.467. The van der Waals surface area contributed by atoms with Crippen molar-refractivity contribution in [3.63, 3.8) is 0 Å². The summed E-state index contributed by atoms with van der Waals surface area (Å²) in [7, 11) is 1.68. The van der Waals surface area contributed by atoms with Crippen LogP contribution in [-0.4, -0.2) is 48.6 Å². The molecule has 114 valence electrons. The summed E-state index contributed by atoms with van der Waals surface area (Å²) in [6.45, 7) is 2.25. The third-order valence-electron chi connectivity index (χ3n) is 3.70. The van der Waals surface area contributed by atoms with Gasteiger partial charge in [0, 0.05) is 19.2 Å². The Balaban J connectivity index is 1.81. The molecule has 0 saturated carbocycles. The zero-order chi connectivity index (χ0) is 15.2. The molecule has 0 aromatic heterocycles. The minimum absolute atomic E-state index is 0.0180. The molecule has 0 radical (unpaired) electrons. The van der Waals surface area contributed by atoms with Crippen molar-refractivity contribution in [1.82, 2.24) is 10.2 Å². The van der Waals surface area contributed by atoms with E-state index in [-0.39, 0.29) is 11.9 Å². The van der Waals surface area contributed by atoms with Gasteiger partial charge in [-0.15, -0.1) is 0 Å². The van der Waals surface area contributed by atoms with E-state index in [0.717, 1.165) is 37.2 Å². The molecule has 5 nitrogen and oxygen atoms in total. The van der Waals surface area contributed by atoms with Gasteiger partial charge in [-0.05, 0) is 43.7 Å². The van der Waals surface area contributed by atoms with E-state index in [1.54, 1.807) is 7.05 Å². The van der Waals surface area contributed by atoms with Gasteiger partial charge in [0.05, 0.1) is 6.04 Å². The maximum Gasteiger partial charge on any atom is 0.237 e. The molecule has 1 unspecified atom stereocenters. The quantitative estimate of drug-likeness (QED) is 0.765. The van der Waals surface area contributed by atoms with Crippen LogP contribution in [0.5, 0.6) is 5.75 Å². The second kappa shape index (κ2) is 7.38. The first kappa shape index (κ1) is 15.7. The number of nitrogens with two attached hydrogens (primary N) is 1. The molecule has 21 heavy (non-hydrogen) atoms. The number of thiocarbonyl (C=S) groups is 1. The van der Waals surface area contributed by atoms with Crippen molar-refractivity contribution in [2.45, 2.75) is 18.9 Å².